The van der Waals surface area contributed by atoms with E-state index in [1.54, 1.807) is 42.2 Å². The molecule has 1 aliphatic heterocycles. The molecule has 0 spiro atoms. The maximum Gasteiger partial charge on any atom is 0.324 e. The number of benzene rings is 2. The number of urea groups is 1. The van der Waals surface area contributed by atoms with Gasteiger partial charge in [0.2, 0.25) is 0 Å². The number of nitrogens with one attached hydrogen (secondary N) is 1. The van der Waals surface area contributed by atoms with Crippen molar-refractivity contribution in [2.24, 2.45) is 0 Å². The highest BCUT2D eigenvalue weighted by Gasteiger charge is 2.27. The van der Waals surface area contributed by atoms with Gasteiger partial charge in [0.1, 0.15) is 5.76 Å². The number of aromatic nitrogens is 1. The molecule has 30 heavy (non-hydrogen) atoms. The van der Waals surface area contributed by atoms with Gasteiger partial charge in [-0.1, -0.05) is 35.0 Å². The predicted molar refractivity (Wildman–Crippen MR) is 115 cm³/mol. The smallest absolute Gasteiger partial charge is 0.324 e. The molecule has 0 atom stereocenters. The lowest BCUT2D eigenvalue weighted by molar-refractivity contribution is 0.102. The van der Waals surface area contributed by atoms with E-state index in [1.165, 1.54) is 5.56 Å². The number of hydrogen-bond acceptors (Lipinski definition) is 4. The summed E-state index contributed by atoms with van der Waals surface area (Å²) in [6.07, 6.45) is 0.894. The van der Waals surface area contributed by atoms with Crippen molar-refractivity contribution >= 4 is 23.4 Å². The van der Waals surface area contributed by atoms with E-state index in [1.807, 2.05) is 11.8 Å². The van der Waals surface area contributed by atoms with Crippen LogP contribution < -0.4 is 10.2 Å². The number of aryl methyl sites for hydroxylation is 2. The van der Waals surface area contributed by atoms with E-state index < -0.39 is 0 Å². The van der Waals surface area contributed by atoms with Gasteiger partial charge in [0.15, 0.2) is 5.82 Å². The molecule has 1 aliphatic rings. The van der Waals surface area contributed by atoms with Gasteiger partial charge in [0.05, 0.1) is 0 Å². The Labute approximate surface area is 175 Å². The normalized spacial score (nSPS) is 14.1. The van der Waals surface area contributed by atoms with Crippen LogP contribution in [0.5, 0.6) is 0 Å². The molecule has 1 N–H and O–H groups in total. The minimum atomic E-state index is -0.277. The Bertz CT molecular complexity index is 1040. The summed E-state index contributed by atoms with van der Waals surface area (Å²) in [7, 11) is 0. The molecular weight excluding hydrogens is 380 g/mol. The molecule has 1 fully saturated rings. The first kappa shape index (κ1) is 19.7. The van der Waals surface area contributed by atoms with Crippen molar-refractivity contribution in [1.82, 2.24) is 10.1 Å². The van der Waals surface area contributed by atoms with Crippen molar-refractivity contribution in [2.75, 3.05) is 23.3 Å². The summed E-state index contributed by atoms with van der Waals surface area (Å²) in [6.45, 7) is 5.80. The Morgan fingerprint density at radius 1 is 1.07 bits per heavy atom. The van der Waals surface area contributed by atoms with E-state index in [0.717, 1.165) is 24.2 Å². The fraction of sp³-hybridized carbons (Fsp3) is 0.261. The first-order valence-electron chi connectivity index (χ1n) is 9.96. The second-order valence-electron chi connectivity index (χ2n) is 7.52. The maximum absolute atomic E-state index is 13.0. The number of amides is 3. The van der Waals surface area contributed by atoms with Crippen molar-refractivity contribution in [2.45, 2.75) is 26.8 Å². The topological polar surface area (TPSA) is 78.7 Å². The van der Waals surface area contributed by atoms with Gasteiger partial charge in [-0.05, 0) is 50.1 Å². The molecule has 7 nitrogen and oxygen atoms in total. The number of anilines is 2. The largest absolute Gasteiger partial charge is 0.360 e. The van der Waals surface area contributed by atoms with E-state index in [-0.39, 0.29) is 11.9 Å². The van der Waals surface area contributed by atoms with Crippen LogP contribution in [0.1, 0.15) is 33.7 Å². The van der Waals surface area contributed by atoms with Gasteiger partial charge in [-0.2, -0.15) is 0 Å². The van der Waals surface area contributed by atoms with E-state index in [2.05, 4.69) is 34.7 Å². The molecule has 7 heteroatoms. The van der Waals surface area contributed by atoms with Crippen LogP contribution in [0.3, 0.4) is 0 Å². The molecule has 0 unspecified atom stereocenters. The van der Waals surface area contributed by atoms with Crippen LogP contribution >= 0.6 is 0 Å². The summed E-state index contributed by atoms with van der Waals surface area (Å²) >= 11 is 0. The third kappa shape index (κ3) is 4.35. The summed E-state index contributed by atoms with van der Waals surface area (Å²) in [4.78, 5) is 29.0. The molecule has 0 aliphatic carbocycles. The van der Waals surface area contributed by atoms with Crippen molar-refractivity contribution < 1.29 is 14.1 Å². The minimum absolute atomic E-state index is 0.0166. The second-order valence-corrected chi connectivity index (χ2v) is 7.52. The monoisotopic (exact) mass is 404 g/mol. The molecule has 3 amide bonds. The Hall–Kier alpha value is -3.61. The Balaban J connectivity index is 1.43. The zero-order valence-electron chi connectivity index (χ0n) is 17.1. The minimum Gasteiger partial charge on any atom is -0.360 e. The Morgan fingerprint density at radius 2 is 1.80 bits per heavy atom. The number of rotatable bonds is 5. The third-order valence-corrected chi connectivity index (χ3v) is 5.12. The van der Waals surface area contributed by atoms with Gasteiger partial charge in [0, 0.05) is 37.0 Å². The molecule has 0 radical (unpaired) electrons. The number of hydrogen-bond donors (Lipinski definition) is 1. The average Bonchev–Trinajstić information content (AvgIpc) is 3.16. The lowest BCUT2D eigenvalue weighted by Crippen LogP contribution is -2.49. The highest BCUT2D eigenvalue weighted by Crippen LogP contribution is 2.22. The standard InChI is InChI=1S/C23H24N4O3/c1-16-4-6-18(7-5-16)15-26-12-3-13-27(23(26)29)20-10-8-19(9-11-20)22(28)24-21-14-17(2)30-25-21/h4-11,14H,3,12-13,15H2,1-2H3,(H,24,25,28). The lowest BCUT2D eigenvalue weighted by atomic mass is 10.1. The highest BCUT2D eigenvalue weighted by atomic mass is 16.5. The summed E-state index contributed by atoms with van der Waals surface area (Å²) in [5.74, 6) is 0.722. The van der Waals surface area contributed by atoms with E-state index in [9.17, 15) is 9.59 Å². The van der Waals surface area contributed by atoms with Crippen molar-refractivity contribution in [3.05, 3.63) is 77.0 Å². The van der Waals surface area contributed by atoms with E-state index >= 15 is 0 Å². The molecule has 1 aromatic heterocycles. The average molecular weight is 404 g/mol. The van der Waals surface area contributed by atoms with Crippen molar-refractivity contribution in [3.8, 4) is 0 Å². The Kier molecular flexibility index (Phi) is 5.52. The molecule has 0 saturated carbocycles. The molecule has 2 aromatic carbocycles. The SMILES string of the molecule is Cc1ccc(CN2CCCN(c3ccc(C(=O)Nc4cc(C)on4)cc3)C2=O)cc1. The fourth-order valence-electron chi connectivity index (χ4n) is 3.49. The zero-order valence-corrected chi connectivity index (χ0v) is 17.1. The maximum atomic E-state index is 13.0. The van der Waals surface area contributed by atoms with Gasteiger partial charge in [0.25, 0.3) is 5.91 Å². The molecule has 154 valence electrons. The van der Waals surface area contributed by atoms with Crippen LogP contribution in [0, 0.1) is 13.8 Å². The first-order valence-corrected chi connectivity index (χ1v) is 9.96. The molecule has 4 rings (SSSR count). The third-order valence-electron chi connectivity index (χ3n) is 5.12. The van der Waals surface area contributed by atoms with Crippen LogP contribution in [0.15, 0.2) is 59.1 Å². The van der Waals surface area contributed by atoms with Crippen LogP contribution in [0.4, 0.5) is 16.3 Å². The van der Waals surface area contributed by atoms with Gasteiger partial charge < -0.3 is 14.7 Å². The van der Waals surface area contributed by atoms with Gasteiger partial charge in [-0.3, -0.25) is 9.69 Å². The lowest BCUT2D eigenvalue weighted by Gasteiger charge is -2.35. The van der Waals surface area contributed by atoms with Gasteiger partial charge in [-0.15, -0.1) is 0 Å². The summed E-state index contributed by atoms with van der Waals surface area (Å²) in [6, 6.07) is 16.9. The quantitative estimate of drug-likeness (QED) is 0.685. The number of carbonyl (C=O) groups is 2. The van der Waals surface area contributed by atoms with Gasteiger partial charge >= 0.3 is 6.03 Å². The predicted octanol–water partition coefficient (Wildman–Crippen LogP) is 4.38. The van der Waals surface area contributed by atoms with Crippen LogP contribution in [-0.4, -0.2) is 35.1 Å². The molecular formula is C23H24N4O3. The van der Waals surface area contributed by atoms with Crippen LogP contribution in [-0.2, 0) is 6.54 Å². The molecule has 0 bridgehead atoms. The fourth-order valence-corrected chi connectivity index (χ4v) is 3.49. The van der Waals surface area contributed by atoms with E-state index in [4.69, 9.17) is 4.52 Å². The van der Waals surface area contributed by atoms with E-state index in [0.29, 0.717) is 30.2 Å². The van der Waals surface area contributed by atoms with Crippen molar-refractivity contribution in [1.29, 1.82) is 0 Å². The number of carbonyl (C=O) groups excluding carboxylic acids is 2. The molecule has 2 heterocycles. The number of nitrogens with zero attached hydrogens (tertiary/aromatic N) is 3. The van der Waals surface area contributed by atoms with Gasteiger partial charge in [-0.25, -0.2) is 4.79 Å². The Morgan fingerprint density at radius 3 is 2.47 bits per heavy atom. The summed E-state index contributed by atoms with van der Waals surface area (Å²) in [5, 5.41) is 6.46. The van der Waals surface area contributed by atoms with Crippen molar-refractivity contribution in [3.63, 3.8) is 0 Å². The highest BCUT2D eigenvalue weighted by molar-refractivity contribution is 6.04. The van der Waals surface area contributed by atoms with Crippen LogP contribution in [0.2, 0.25) is 0 Å². The summed E-state index contributed by atoms with van der Waals surface area (Å²) in [5.41, 5.74) is 3.59. The molecule has 1 saturated heterocycles. The first-order chi connectivity index (χ1) is 14.5. The summed E-state index contributed by atoms with van der Waals surface area (Å²) < 4.78 is 4.96. The van der Waals surface area contributed by atoms with Crippen LogP contribution in [0.25, 0.3) is 0 Å². The zero-order chi connectivity index (χ0) is 21.1. The second kappa shape index (κ2) is 8.41. The molecule has 3 aromatic rings.